The molecule has 0 aliphatic heterocycles. The average molecular weight is 363 g/mol. The molecule has 0 spiro atoms. The second-order valence-electron chi connectivity index (χ2n) is 5.17. The predicted octanol–water partition coefficient (Wildman–Crippen LogP) is 4.05. The highest BCUT2D eigenvalue weighted by molar-refractivity contribution is 7.99. The maximum Gasteiger partial charge on any atom is 0.217 e. The number of benzene rings is 2. The molecule has 4 rings (SSSR count). The molecule has 0 saturated heterocycles. The van der Waals surface area contributed by atoms with E-state index in [1.54, 1.807) is 0 Å². The van der Waals surface area contributed by atoms with E-state index in [-0.39, 0.29) is 5.75 Å². The number of hydrogen-bond donors (Lipinski definition) is 1. The van der Waals surface area contributed by atoms with Gasteiger partial charge in [-0.15, -0.1) is 10.2 Å². The first-order chi connectivity index (χ1) is 11.6. The van der Waals surface area contributed by atoms with Crippen LogP contribution in [0.3, 0.4) is 0 Å². The minimum Gasteiger partial charge on any atom is -0.388 e. The molecule has 2 heterocycles. The van der Waals surface area contributed by atoms with E-state index >= 15 is 0 Å². The Labute approximate surface area is 143 Å². The van der Waals surface area contributed by atoms with Crippen LogP contribution in [0, 0.1) is 11.6 Å². The molecule has 0 aliphatic carbocycles. The summed E-state index contributed by atoms with van der Waals surface area (Å²) in [6.45, 7) is 0. The van der Waals surface area contributed by atoms with Crippen molar-refractivity contribution in [1.29, 1.82) is 0 Å². The quantitative estimate of drug-likeness (QED) is 0.556. The number of nitrogens with zero attached hydrogens (tertiary/aromatic N) is 3. The normalized spacial score (nSPS) is 13.0. The van der Waals surface area contributed by atoms with Gasteiger partial charge in [0.15, 0.2) is 16.8 Å². The molecule has 1 atom stereocenters. The summed E-state index contributed by atoms with van der Waals surface area (Å²) in [5.74, 6) is -1.64. The summed E-state index contributed by atoms with van der Waals surface area (Å²) in [5, 5.41) is 19.2. The van der Waals surface area contributed by atoms with Gasteiger partial charge in [-0.25, -0.2) is 8.78 Å². The average Bonchev–Trinajstić information content (AvgIpc) is 3.14. The molecule has 8 heteroatoms. The summed E-state index contributed by atoms with van der Waals surface area (Å²) >= 11 is 2.86. The highest BCUT2D eigenvalue weighted by Gasteiger charge is 2.16. The van der Waals surface area contributed by atoms with Gasteiger partial charge in [-0.1, -0.05) is 41.3 Å². The number of aromatic nitrogens is 3. The van der Waals surface area contributed by atoms with Crippen LogP contribution in [0.1, 0.15) is 11.7 Å². The molecule has 0 bridgehead atoms. The van der Waals surface area contributed by atoms with Gasteiger partial charge in [0.2, 0.25) is 4.96 Å². The second-order valence-corrected chi connectivity index (χ2v) is 7.17. The van der Waals surface area contributed by atoms with Crippen molar-refractivity contribution < 1.29 is 13.9 Å². The third kappa shape index (κ3) is 2.66. The first-order valence-electron chi connectivity index (χ1n) is 7.12. The zero-order valence-electron chi connectivity index (χ0n) is 12.2. The van der Waals surface area contributed by atoms with Gasteiger partial charge in [0.1, 0.15) is 0 Å². The van der Waals surface area contributed by atoms with E-state index < -0.39 is 17.7 Å². The fourth-order valence-electron chi connectivity index (χ4n) is 2.42. The number of hydrogen-bond acceptors (Lipinski definition) is 5. The molecule has 2 aromatic heterocycles. The minimum absolute atomic E-state index is 0.260. The third-order valence-electron chi connectivity index (χ3n) is 3.61. The lowest BCUT2D eigenvalue weighted by molar-refractivity contribution is 0.203. The van der Waals surface area contributed by atoms with Crippen LogP contribution >= 0.6 is 23.1 Å². The number of aliphatic hydroxyl groups is 1. The van der Waals surface area contributed by atoms with Crippen LogP contribution in [0.15, 0.2) is 47.6 Å². The smallest absolute Gasteiger partial charge is 0.217 e. The Bertz CT molecular complexity index is 1030. The van der Waals surface area contributed by atoms with E-state index in [1.165, 1.54) is 29.2 Å². The van der Waals surface area contributed by atoms with Crippen molar-refractivity contribution in [2.75, 3.05) is 5.75 Å². The Morgan fingerprint density at radius 2 is 1.96 bits per heavy atom. The maximum absolute atomic E-state index is 13.3. The number of thioether (sulfide) groups is 1. The zero-order valence-corrected chi connectivity index (χ0v) is 13.8. The number of para-hydroxylation sites is 1. The molecule has 4 nitrogen and oxygen atoms in total. The van der Waals surface area contributed by atoms with E-state index in [4.69, 9.17) is 0 Å². The summed E-state index contributed by atoms with van der Waals surface area (Å²) in [4.78, 5) is 0.779. The van der Waals surface area contributed by atoms with E-state index in [2.05, 4.69) is 10.2 Å². The van der Waals surface area contributed by atoms with Crippen LogP contribution in [0.4, 0.5) is 8.78 Å². The molecule has 0 aliphatic rings. The van der Waals surface area contributed by atoms with Crippen molar-refractivity contribution in [3.8, 4) is 0 Å². The Balaban J connectivity index is 1.59. The molecule has 1 N–H and O–H groups in total. The van der Waals surface area contributed by atoms with Gasteiger partial charge in [-0.2, -0.15) is 0 Å². The van der Waals surface area contributed by atoms with E-state index in [0.29, 0.717) is 10.7 Å². The van der Waals surface area contributed by atoms with Gasteiger partial charge >= 0.3 is 0 Å². The lowest BCUT2D eigenvalue weighted by atomic mass is 10.1. The number of thiazole rings is 1. The van der Waals surface area contributed by atoms with Crippen LogP contribution in [-0.4, -0.2) is 25.5 Å². The topological polar surface area (TPSA) is 50.4 Å². The summed E-state index contributed by atoms with van der Waals surface area (Å²) in [6.07, 6.45) is -0.928. The summed E-state index contributed by atoms with van der Waals surface area (Å²) in [6, 6.07) is 11.3. The van der Waals surface area contributed by atoms with E-state index in [1.807, 2.05) is 28.7 Å². The molecule has 122 valence electrons. The Hall–Kier alpha value is -2.03. The largest absolute Gasteiger partial charge is 0.388 e. The van der Waals surface area contributed by atoms with Crippen molar-refractivity contribution in [3.05, 3.63) is 59.7 Å². The molecule has 2 aromatic carbocycles. The Morgan fingerprint density at radius 3 is 2.79 bits per heavy atom. The minimum atomic E-state index is -0.967. The molecule has 0 unspecified atom stereocenters. The number of halogens is 2. The van der Waals surface area contributed by atoms with Crippen LogP contribution in [-0.2, 0) is 0 Å². The summed E-state index contributed by atoms with van der Waals surface area (Å²) in [7, 11) is 0. The molecule has 0 radical (unpaired) electrons. The lowest BCUT2D eigenvalue weighted by Crippen LogP contribution is -2.02. The first kappa shape index (κ1) is 15.5. The zero-order chi connectivity index (χ0) is 16.7. The van der Waals surface area contributed by atoms with Crippen molar-refractivity contribution in [3.63, 3.8) is 0 Å². The number of rotatable bonds is 4. The van der Waals surface area contributed by atoms with Gasteiger partial charge in [-0.3, -0.25) is 4.40 Å². The van der Waals surface area contributed by atoms with Gasteiger partial charge in [0, 0.05) is 5.75 Å². The lowest BCUT2D eigenvalue weighted by Gasteiger charge is -2.10. The third-order valence-corrected chi connectivity index (χ3v) is 5.63. The van der Waals surface area contributed by atoms with Crippen molar-refractivity contribution in [2.45, 2.75) is 11.3 Å². The predicted molar refractivity (Wildman–Crippen MR) is 90.4 cm³/mol. The SMILES string of the molecule is O[C@H](CSc1nnc2sc3ccccc3n12)c1ccc(F)c(F)c1. The summed E-state index contributed by atoms with van der Waals surface area (Å²) < 4.78 is 29.3. The Kier molecular flexibility index (Phi) is 3.95. The fourth-order valence-corrected chi connectivity index (χ4v) is 4.35. The molecular formula is C16H11F2N3OS2. The van der Waals surface area contributed by atoms with Crippen LogP contribution in [0.25, 0.3) is 15.2 Å². The van der Waals surface area contributed by atoms with E-state index in [9.17, 15) is 13.9 Å². The van der Waals surface area contributed by atoms with Gasteiger partial charge < -0.3 is 5.11 Å². The van der Waals surface area contributed by atoms with Crippen LogP contribution < -0.4 is 0 Å². The molecule has 0 fully saturated rings. The van der Waals surface area contributed by atoms with Crippen molar-refractivity contribution >= 4 is 38.3 Å². The van der Waals surface area contributed by atoms with Gasteiger partial charge in [0.05, 0.1) is 16.3 Å². The van der Waals surface area contributed by atoms with Gasteiger partial charge in [-0.05, 0) is 29.8 Å². The number of aliphatic hydroxyl groups excluding tert-OH is 1. The summed E-state index contributed by atoms with van der Waals surface area (Å²) in [5.41, 5.74) is 1.34. The monoisotopic (exact) mass is 363 g/mol. The standard InChI is InChI=1S/C16H11F2N3OS2/c17-10-6-5-9(7-11(10)18)13(22)8-23-15-19-20-16-21(15)12-3-1-2-4-14(12)24-16/h1-7,13,22H,8H2/t13-/m1/s1. The maximum atomic E-state index is 13.3. The fraction of sp³-hybridized carbons (Fsp3) is 0.125. The molecule has 0 saturated carbocycles. The molecule has 4 aromatic rings. The molecule has 24 heavy (non-hydrogen) atoms. The Morgan fingerprint density at radius 1 is 1.12 bits per heavy atom. The highest BCUT2D eigenvalue weighted by atomic mass is 32.2. The van der Waals surface area contributed by atoms with Crippen molar-refractivity contribution in [2.24, 2.45) is 0 Å². The molecule has 0 amide bonds. The van der Waals surface area contributed by atoms with E-state index in [0.717, 1.165) is 27.3 Å². The second kappa shape index (κ2) is 6.12. The van der Waals surface area contributed by atoms with Crippen molar-refractivity contribution in [1.82, 2.24) is 14.6 Å². The number of fused-ring (bicyclic) bond motifs is 3. The molecular weight excluding hydrogens is 352 g/mol. The highest BCUT2D eigenvalue weighted by Crippen LogP contribution is 2.31. The van der Waals surface area contributed by atoms with Crippen LogP contribution in [0.2, 0.25) is 0 Å². The van der Waals surface area contributed by atoms with Crippen LogP contribution in [0.5, 0.6) is 0 Å². The van der Waals surface area contributed by atoms with Gasteiger partial charge in [0.25, 0.3) is 0 Å². The first-order valence-corrected chi connectivity index (χ1v) is 8.92.